The van der Waals surface area contributed by atoms with Crippen LogP contribution in [0.25, 0.3) is 0 Å². The first-order valence-corrected chi connectivity index (χ1v) is 11.2. The summed E-state index contributed by atoms with van der Waals surface area (Å²) in [6.07, 6.45) is 17.9. The van der Waals surface area contributed by atoms with Gasteiger partial charge in [-0.25, -0.2) is 0 Å². The number of carboxylic acids is 1. The first kappa shape index (κ1) is 16.4. The molecule has 0 aromatic heterocycles. The molecule has 2 nitrogen and oxygen atoms in total. The van der Waals surface area contributed by atoms with Crippen LogP contribution in [0.5, 0.6) is 0 Å². The minimum atomic E-state index is -0.442. The highest BCUT2D eigenvalue weighted by atomic mass is 16.4. The van der Waals surface area contributed by atoms with Gasteiger partial charge >= 0.3 is 5.97 Å². The van der Waals surface area contributed by atoms with Crippen molar-refractivity contribution in [1.29, 1.82) is 0 Å². The third-order valence-corrected chi connectivity index (χ3v) is 9.22. The van der Waals surface area contributed by atoms with Crippen LogP contribution in [-0.4, -0.2) is 11.1 Å². The Morgan fingerprint density at radius 2 is 1.56 bits per heavy atom. The van der Waals surface area contributed by atoms with Crippen molar-refractivity contribution in [3.63, 3.8) is 0 Å². The number of aliphatic carboxylic acids is 1. The molecule has 5 rings (SSSR count). The molecule has 0 saturated heterocycles. The highest BCUT2D eigenvalue weighted by Gasteiger charge is 2.58. The third kappa shape index (κ3) is 2.31. The van der Waals surface area contributed by atoms with Gasteiger partial charge in [-0.3, -0.25) is 4.79 Å². The molecule has 6 unspecified atom stereocenters. The summed E-state index contributed by atoms with van der Waals surface area (Å²) >= 11 is 0. The Bertz CT molecular complexity index is 591. The predicted octanol–water partition coefficient (Wildman–Crippen LogP) is 5.96. The average Bonchev–Trinajstić information content (AvgIpc) is 2.66. The van der Waals surface area contributed by atoms with Gasteiger partial charge in [-0.1, -0.05) is 36.8 Å². The number of carboxylic acid groups (broad SMARTS) is 1. The Balaban J connectivity index is 1.51. The predicted molar refractivity (Wildman–Crippen MR) is 99.2 cm³/mol. The van der Waals surface area contributed by atoms with E-state index in [9.17, 15) is 9.90 Å². The van der Waals surface area contributed by atoms with Gasteiger partial charge in [0.05, 0.1) is 5.41 Å². The zero-order chi connectivity index (χ0) is 17.0. The van der Waals surface area contributed by atoms with Crippen molar-refractivity contribution in [3.05, 3.63) is 11.1 Å². The minimum absolute atomic E-state index is 0.372. The minimum Gasteiger partial charge on any atom is -0.481 e. The van der Waals surface area contributed by atoms with Crippen LogP contribution in [-0.2, 0) is 4.79 Å². The van der Waals surface area contributed by atoms with Gasteiger partial charge in [0.15, 0.2) is 0 Å². The Morgan fingerprint density at radius 1 is 0.800 bits per heavy atom. The lowest BCUT2D eigenvalue weighted by atomic mass is 9.47. The second-order valence-electron chi connectivity index (χ2n) is 9.86. The molecule has 1 N–H and O–H groups in total. The number of allylic oxidation sites excluding steroid dienone is 2. The summed E-state index contributed by atoms with van der Waals surface area (Å²) in [6.45, 7) is 0. The summed E-state index contributed by atoms with van der Waals surface area (Å²) in [5.41, 5.74) is 3.25. The lowest BCUT2D eigenvalue weighted by Crippen LogP contribution is -2.54. The maximum absolute atomic E-state index is 12.5. The largest absolute Gasteiger partial charge is 0.481 e. The summed E-state index contributed by atoms with van der Waals surface area (Å²) in [7, 11) is 0. The Kier molecular flexibility index (Phi) is 4.02. The Morgan fingerprint density at radius 3 is 2.44 bits per heavy atom. The smallest absolute Gasteiger partial charge is 0.310 e. The fourth-order valence-electron chi connectivity index (χ4n) is 8.25. The summed E-state index contributed by atoms with van der Waals surface area (Å²) in [5, 5.41) is 10.3. The van der Waals surface area contributed by atoms with E-state index in [0.29, 0.717) is 17.8 Å². The average molecular weight is 343 g/mol. The maximum atomic E-state index is 12.5. The molecule has 138 valence electrons. The zero-order valence-electron chi connectivity index (χ0n) is 15.6. The van der Waals surface area contributed by atoms with Crippen LogP contribution in [0.15, 0.2) is 11.1 Å². The van der Waals surface area contributed by atoms with Gasteiger partial charge in [-0.15, -0.1) is 0 Å². The van der Waals surface area contributed by atoms with Crippen molar-refractivity contribution >= 4 is 5.97 Å². The summed E-state index contributed by atoms with van der Waals surface area (Å²) in [4.78, 5) is 12.5. The van der Waals surface area contributed by atoms with Gasteiger partial charge in [0.25, 0.3) is 0 Å². The van der Waals surface area contributed by atoms with Crippen molar-refractivity contribution in [1.82, 2.24) is 0 Å². The molecular formula is C23H34O2. The van der Waals surface area contributed by atoms with E-state index in [4.69, 9.17) is 0 Å². The number of hydrogen-bond acceptors (Lipinski definition) is 1. The van der Waals surface area contributed by atoms with E-state index in [2.05, 4.69) is 0 Å². The summed E-state index contributed by atoms with van der Waals surface area (Å²) in [6, 6.07) is 0. The lowest BCUT2D eigenvalue weighted by Gasteiger charge is -2.57. The highest BCUT2D eigenvalue weighted by Crippen LogP contribution is 2.63. The highest BCUT2D eigenvalue weighted by molar-refractivity contribution is 5.76. The monoisotopic (exact) mass is 342 g/mol. The van der Waals surface area contributed by atoms with E-state index in [1.54, 1.807) is 5.57 Å². The van der Waals surface area contributed by atoms with Crippen molar-refractivity contribution in [2.45, 2.75) is 89.9 Å². The molecule has 5 aliphatic rings. The first-order chi connectivity index (χ1) is 12.2. The van der Waals surface area contributed by atoms with Gasteiger partial charge < -0.3 is 5.11 Å². The van der Waals surface area contributed by atoms with Crippen molar-refractivity contribution in [3.8, 4) is 0 Å². The van der Waals surface area contributed by atoms with Crippen LogP contribution in [0.1, 0.15) is 89.9 Å². The molecule has 0 bridgehead atoms. The third-order valence-electron chi connectivity index (χ3n) is 9.22. The van der Waals surface area contributed by atoms with Crippen LogP contribution in [0.3, 0.4) is 0 Å². The standard InChI is InChI=1S/C23H34O2/c24-22(25)23-14-4-3-6-16(23)9-11-20-19-10-8-15-5-1-2-7-17(15)18(19)12-13-21(20)23/h15-17,20-21H,1-14H2,(H,24,25). The first-order valence-electron chi connectivity index (χ1n) is 11.2. The van der Waals surface area contributed by atoms with Gasteiger partial charge in [0.2, 0.25) is 0 Å². The molecule has 0 heterocycles. The molecule has 2 heteroatoms. The molecule has 25 heavy (non-hydrogen) atoms. The van der Waals surface area contributed by atoms with Gasteiger partial charge in [-0.2, -0.15) is 0 Å². The topological polar surface area (TPSA) is 37.3 Å². The molecular weight excluding hydrogens is 308 g/mol. The maximum Gasteiger partial charge on any atom is 0.310 e. The lowest BCUT2D eigenvalue weighted by molar-refractivity contribution is -0.168. The molecule has 0 aromatic rings. The van der Waals surface area contributed by atoms with Crippen LogP contribution in [0.2, 0.25) is 0 Å². The van der Waals surface area contributed by atoms with Crippen LogP contribution in [0, 0.1) is 35.0 Å². The zero-order valence-corrected chi connectivity index (χ0v) is 15.6. The summed E-state index contributed by atoms with van der Waals surface area (Å²) in [5.74, 6) is 2.93. The fourth-order valence-corrected chi connectivity index (χ4v) is 8.25. The molecule has 3 saturated carbocycles. The van der Waals surface area contributed by atoms with Crippen LogP contribution >= 0.6 is 0 Å². The molecule has 0 aromatic carbocycles. The molecule has 3 fully saturated rings. The van der Waals surface area contributed by atoms with E-state index < -0.39 is 5.97 Å². The quantitative estimate of drug-likeness (QED) is 0.597. The van der Waals surface area contributed by atoms with E-state index in [1.165, 1.54) is 77.0 Å². The second-order valence-corrected chi connectivity index (χ2v) is 9.86. The summed E-state index contributed by atoms with van der Waals surface area (Å²) < 4.78 is 0. The molecule has 0 amide bonds. The number of hydrogen-bond donors (Lipinski definition) is 1. The van der Waals surface area contributed by atoms with E-state index in [0.717, 1.165) is 24.7 Å². The van der Waals surface area contributed by atoms with E-state index in [1.807, 2.05) is 5.57 Å². The van der Waals surface area contributed by atoms with E-state index >= 15 is 0 Å². The molecule has 0 radical (unpaired) electrons. The van der Waals surface area contributed by atoms with Gasteiger partial charge in [0, 0.05) is 0 Å². The SMILES string of the molecule is O=C(O)C12CCCCC1CCC1C3=C(CCC12)C1CCCCC1CC3. The van der Waals surface area contributed by atoms with Crippen LogP contribution in [0.4, 0.5) is 0 Å². The fraction of sp³-hybridized carbons (Fsp3) is 0.870. The molecule has 5 aliphatic carbocycles. The second kappa shape index (κ2) is 6.13. The normalized spacial score (nSPS) is 46.5. The van der Waals surface area contributed by atoms with Gasteiger partial charge in [-0.05, 0) is 93.8 Å². The Labute approximate surface area is 152 Å². The Hall–Kier alpha value is -0.790. The van der Waals surface area contributed by atoms with Crippen LogP contribution < -0.4 is 0 Å². The molecule has 0 spiro atoms. The number of rotatable bonds is 1. The number of carbonyl (C=O) groups is 1. The molecule has 0 aliphatic heterocycles. The van der Waals surface area contributed by atoms with Crippen molar-refractivity contribution in [2.24, 2.45) is 35.0 Å². The van der Waals surface area contributed by atoms with Crippen molar-refractivity contribution in [2.75, 3.05) is 0 Å². The molecule has 6 atom stereocenters. The number of fused-ring (bicyclic) bond motifs is 6. The van der Waals surface area contributed by atoms with Gasteiger partial charge in [0.1, 0.15) is 0 Å². The van der Waals surface area contributed by atoms with E-state index in [-0.39, 0.29) is 5.41 Å². The van der Waals surface area contributed by atoms with Crippen molar-refractivity contribution < 1.29 is 9.90 Å².